The van der Waals surface area contributed by atoms with Crippen LogP contribution >= 0.6 is 0 Å². The molecule has 0 saturated heterocycles. The Labute approximate surface area is 131 Å². The van der Waals surface area contributed by atoms with Crippen LogP contribution in [0.5, 0.6) is 0 Å². The average Bonchev–Trinajstić information content (AvgIpc) is 2.49. The highest BCUT2D eigenvalue weighted by atomic mass is 16.1. The van der Waals surface area contributed by atoms with E-state index in [9.17, 15) is 4.79 Å². The predicted octanol–water partition coefficient (Wildman–Crippen LogP) is 2.96. The van der Waals surface area contributed by atoms with E-state index in [0.717, 1.165) is 26.1 Å². The molecule has 0 bridgehead atoms. The minimum absolute atomic E-state index is 0.149. The molecule has 0 aromatic carbocycles. The molecule has 0 spiro atoms. The summed E-state index contributed by atoms with van der Waals surface area (Å²) in [5.74, 6) is 0.149. The fourth-order valence-corrected chi connectivity index (χ4v) is 2.36. The summed E-state index contributed by atoms with van der Waals surface area (Å²) in [5, 5.41) is 6.10. The van der Waals surface area contributed by atoms with Crippen molar-refractivity contribution >= 4 is 5.91 Å². The molecule has 0 saturated carbocycles. The van der Waals surface area contributed by atoms with E-state index < -0.39 is 0 Å². The second-order valence-electron chi connectivity index (χ2n) is 5.82. The van der Waals surface area contributed by atoms with Gasteiger partial charge in [0.25, 0.3) is 0 Å². The summed E-state index contributed by atoms with van der Waals surface area (Å²) in [6.45, 7) is 5.22. The van der Waals surface area contributed by atoms with E-state index in [4.69, 9.17) is 5.73 Å². The zero-order valence-electron chi connectivity index (χ0n) is 14.1. The molecule has 4 nitrogen and oxygen atoms in total. The van der Waals surface area contributed by atoms with Crippen molar-refractivity contribution in [2.45, 2.75) is 77.6 Å². The van der Waals surface area contributed by atoms with Gasteiger partial charge in [-0.15, -0.1) is 0 Å². The van der Waals surface area contributed by atoms with Gasteiger partial charge in [-0.1, -0.05) is 64.7 Å². The zero-order chi connectivity index (χ0) is 15.6. The van der Waals surface area contributed by atoms with Crippen LogP contribution in [0.1, 0.15) is 77.6 Å². The van der Waals surface area contributed by atoms with Crippen molar-refractivity contribution in [1.29, 1.82) is 0 Å². The lowest BCUT2D eigenvalue weighted by atomic mass is 10.1. The van der Waals surface area contributed by atoms with Gasteiger partial charge in [-0.05, 0) is 6.42 Å². The van der Waals surface area contributed by atoms with Crippen LogP contribution < -0.4 is 16.4 Å². The minimum atomic E-state index is 0.149. The standard InChI is InChI=1S/C17H37N3O/c1-2-3-4-5-6-7-8-9-10-11-14-20-17(21)12-15-19-16-13-18/h19H,2-16,18H2,1H3,(H,20,21). The lowest BCUT2D eigenvalue weighted by Crippen LogP contribution is -2.30. The van der Waals surface area contributed by atoms with Gasteiger partial charge >= 0.3 is 0 Å². The minimum Gasteiger partial charge on any atom is -0.356 e. The maximum absolute atomic E-state index is 11.5. The maximum Gasteiger partial charge on any atom is 0.221 e. The summed E-state index contributed by atoms with van der Waals surface area (Å²) in [6, 6.07) is 0. The molecule has 21 heavy (non-hydrogen) atoms. The van der Waals surface area contributed by atoms with Gasteiger partial charge in [0.1, 0.15) is 0 Å². The van der Waals surface area contributed by atoms with Gasteiger partial charge in [-0.25, -0.2) is 0 Å². The van der Waals surface area contributed by atoms with Gasteiger partial charge in [-0.2, -0.15) is 0 Å². The van der Waals surface area contributed by atoms with E-state index >= 15 is 0 Å². The third kappa shape index (κ3) is 17.3. The highest BCUT2D eigenvalue weighted by Gasteiger charge is 1.99. The first-order valence-corrected chi connectivity index (χ1v) is 8.98. The quantitative estimate of drug-likeness (QED) is 0.384. The number of carbonyl (C=O) groups excluding carboxylic acids is 1. The molecule has 0 fully saturated rings. The number of hydrogen-bond donors (Lipinski definition) is 3. The number of unbranched alkanes of at least 4 members (excludes halogenated alkanes) is 9. The fraction of sp³-hybridized carbons (Fsp3) is 0.941. The van der Waals surface area contributed by atoms with Crippen molar-refractivity contribution in [3.05, 3.63) is 0 Å². The summed E-state index contributed by atoms with van der Waals surface area (Å²) in [6.07, 6.45) is 13.9. The zero-order valence-corrected chi connectivity index (χ0v) is 14.1. The highest BCUT2D eigenvalue weighted by molar-refractivity contribution is 5.75. The van der Waals surface area contributed by atoms with Gasteiger partial charge in [0.05, 0.1) is 0 Å². The Kier molecular flexibility index (Phi) is 16.9. The Bertz CT molecular complexity index is 222. The average molecular weight is 300 g/mol. The van der Waals surface area contributed by atoms with Crippen molar-refractivity contribution in [3.63, 3.8) is 0 Å². The molecular formula is C17H37N3O. The van der Waals surface area contributed by atoms with Crippen LogP contribution in [0.4, 0.5) is 0 Å². The monoisotopic (exact) mass is 299 g/mol. The largest absolute Gasteiger partial charge is 0.356 e. The Balaban J connectivity index is 3.09. The van der Waals surface area contributed by atoms with Crippen LogP contribution in [-0.4, -0.2) is 32.1 Å². The van der Waals surface area contributed by atoms with Gasteiger partial charge in [0, 0.05) is 32.6 Å². The molecule has 126 valence electrons. The van der Waals surface area contributed by atoms with E-state index in [1.807, 2.05) is 0 Å². The van der Waals surface area contributed by atoms with Gasteiger partial charge < -0.3 is 16.4 Å². The van der Waals surface area contributed by atoms with Gasteiger partial charge in [-0.3, -0.25) is 4.79 Å². The fourth-order valence-electron chi connectivity index (χ4n) is 2.36. The summed E-state index contributed by atoms with van der Waals surface area (Å²) < 4.78 is 0. The number of amides is 1. The number of hydrogen-bond acceptors (Lipinski definition) is 3. The SMILES string of the molecule is CCCCCCCCCCCCNC(=O)CCNCCN. The van der Waals surface area contributed by atoms with Crippen molar-refractivity contribution < 1.29 is 4.79 Å². The lowest BCUT2D eigenvalue weighted by Gasteiger charge is -2.06. The molecule has 0 aliphatic rings. The van der Waals surface area contributed by atoms with E-state index in [-0.39, 0.29) is 5.91 Å². The number of nitrogens with two attached hydrogens (primary N) is 1. The van der Waals surface area contributed by atoms with Gasteiger partial charge in [0.2, 0.25) is 5.91 Å². The lowest BCUT2D eigenvalue weighted by molar-refractivity contribution is -0.121. The van der Waals surface area contributed by atoms with E-state index in [0.29, 0.717) is 13.0 Å². The smallest absolute Gasteiger partial charge is 0.221 e. The summed E-state index contributed by atoms with van der Waals surface area (Å²) in [5.41, 5.74) is 5.36. The molecule has 0 unspecified atom stereocenters. The van der Waals surface area contributed by atoms with Crippen LogP contribution in [0.2, 0.25) is 0 Å². The molecule has 0 atom stereocenters. The van der Waals surface area contributed by atoms with Gasteiger partial charge in [0.15, 0.2) is 0 Å². The van der Waals surface area contributed by atoms with E-state index in [1.54, 1.807) is 0 Å². The van der Waals surface area contributed by atoms with Crippen molar-refractivity contribution in [3.8, 4) is 0 Å². The Hall–Kier alpha value is -0.610. The Morgan fingerprint density at radius 2 is 1.38 bits per heavy atom. The van der Waals surface area contributed by atoms with Crippen LogP contribution in [0.3, 0.4) is 0 Å². The first kappa shape index (κ1) is 20.4. The second-order valence-corrected chi connectivity index (χ2v) is 5.82. The molecule has 1 amide bonds. The second kappa shape index (κ2) is 17.4. The van der Waals surface area contributed by atoms with E-state index in [2.05, 4.69) is 17.6 Å². The molecule has 0 aliphatic heterocycles. The van der Waals surface area contributed by atoms with Crippen LogP contribution in [0, 0.1) is 0 Å². The summed E-state index contributed by atoms with van der Waals surface area (Å²) >= 11 is 0. The molecule has 0 radical (unpaired) electrons. The van der Waals surface area contributed by atoms with Crippen molar-refractivity contribution in [2.24, 2.45) is 5.73 Å². The topological polar surface area (TPSA) is 67.2 Å². The Morgan fingerprint density at radius 3 is 1.95 bits per heavy atom. The molecular weight excluding hydrogens is 262 g/mol. The third-order valence-corrected chi connectivity index (χ3v) is 3.70. The summed E-state index contributed by atoms with van der Waals surface area (Å²) in [4.78, 5) is 11.5. The number of carbonyl (C=O) groups is 1. The Morgan fingerprint density at radius 1 is 0.810 bits per heavy atom. The molecule has 4 N–H and O–H groups in total. The van der Waals surface area contributed by atoms with Crippen LogP contribution in [-0.2, 0) is 4.79 Å². The van der Waals surface area contributed by atoms with Crippen molar-refractivity contribution in [1.82, 2.24) is 10.6 Å². The molecule has 0 aliphatic carbocycles. The number of rotatable bonds is 16. The first-order chi connectivity index (χ1) is 10.3. The highest BCUT2D eigenvalue weighted by Crippen LogP contribution is 2.10. The van der Waals surface area contributed by atoms with Crippen LogP contribution in [0.15, 0.2) is 0 Å². The normalized spacial score (nSPS) is 10.8. The van der Waals surface area contributed by atoms with Crippen LogP contribution in [0.25, 0.3) is 0 Å². The molecule has 0 rings (SSSR count). The molecule has 0 aromatic heterocycles. The maximum atomic E-state index is 11.5. The molecule has 4 heteroatoms. The number of nitrogens with one attached hydrogen (secondary N) is 2. The predicted molar refractivity (Wildman–Crippen MR) is 91.4 cm³/mol. The molecule has 0 aromatic rings. The summed E-state index contributed by atoms with van der Waals surface area (Å²) in [7, 11) is 0. The third-order valence-electron chi connectivity index (χ3n) is 3.70. The van der Waals surface area contributed by atoms with Crippen molar-refractivity contribution in [2.75, 3.05) is 26.2 Å². The van der Waals surface area contributed by atoms with E-state index in [1.165, 1.54) is 57.8 Å². The molecule has 0 heterocycles. The first-order valence-electron chi connectivity index (χ1n) is 8.98.